The van der Waals surface area contributed by atoms with Gasteiger partial charge in [0.15, 0.2) is 0 Å². The molecule has 0 aromatic heterocycles. The summed E-state index contributed by atoms with van der Waals surface area (Å²) in [5.41, 5.74) is 7.79. The molecule has 0 saturated heterocycles. The molecule has 0 aliphatic carbocycles. The molecule has 0 aliphatic heterocycles. The van der Waals surface area contributed by atoms with Gasteiger partial charge in [0, 0.05) is 28.2 Å². The van der Waals surface area contributed by atoms with Crippen LogP contribution in [0.1, 0.15) is 34.5 Å². The van der Waals surface area contributed by atoms with Crippen molar-refractivity contribution >= 4 is 29.1 Å². The maximum absolute atomic E-state index is 11.2. The summed E-state index contributed by atoms with van der Waals surface area (Å²) in [6.45, 7) is 2.65. The van der Waals surface area contributed by atoms with Gasteiger partial charge in [-0.25, -0.2) is 0 Å². The van der Waals surface area contributed by atoms with E-state index in [0.717, 1.165) is 11.1 Å². The maximum atomic E-state index is 11.2. The predicted octanol–water partition coefficient (Wildman–Crippen LogP) is 3.94. The molecule has 2 aromatic rings. The smallest absolute Gasteiger partial charge is 0.248 e. The molecule has 110 valence electrons. The Morgan fingerprint density at radius 1 is 1.19 bits per heavy atom. The highest BCUT2D eigenvalue weighted by atomic mass is 35.5. The van der Waals surface area contributed by atoms with E-state index >= 15 is 0 Å². The number of benzene rings is 2. The van der Waals surface area contributed by atoms with Gasteiger partial charge in [-0.05, 0) is 48.4 Å². The van der Waals surface area contributed by atoms with Crippen LogP contribution in [0, 0.1) is 0 Å². The van der Waals surface area contributed by atoms with Gasteiger partial charge in [-0.1, -0.05) is 35.3 Å². The SMILES string of the molecule is C[C@H](NCc1cccc(C(N)=O)c1)c1cc(Cl)cc(Cl)c1. The molecule has 3 N–H and O–H groups in total. The summed E-state index contributed by atoms with van der Waals surface area (Å²) in [7, 11) is 0. The molecule has 0 bridgehead atoms. The Labute approximate surface area is 134 Å². The minimum Gasteiger partial charge on any atom is -0.366 e. The van der Waals surface area contributed by atoms with Gasteiger partial charge in [0.25, 0.3) is 0 Å². The first kappa shape index (κ1) is 15.8. The van der Waals surface area contributed by atoms with E-state index in [1.165, 1.54) is 0 Å². The molecule has 1 atom stereocenters. The van der Waals surface area contributed by atoms with Crippen molar-refractivity contribution in [2.45, 2.75) is 19.5 Å². The fraction of sp³-hybridized carbons (Fsp3) is 0.188. The topological polar surface area (TPSA) is 55.1 Å². The molecule has 21 heavy (non-hydrogen) atoms. The van der Waals surface area contributed by atoms with Gasteiger partial charge in [0.2, 0.25) is 5.91 Å². The first-order valence-electron chi connectivity index (χ1n) is 6.54. The molecule has 2 aromatic carbocycles. The van der Waals surface area contributed by atoms with Crippen LogP contribution in [0.2, 0.25) is 10.0 Å². The first-order chi connectivity index (χ1) is 9.95. The number of rotatable bonds is 5. The van der Waals surface area contributed by atoms with E-state index in [1.807, 2.05) is 31.2 Å². The summed E-state index contributed by atoms with van der Waals surface area (Å²) in [4.78, 5) is 11.2. The monoisotopic (exact) mass is 322 g/mol. The average molecular weight is 323 g/mol. The third kappa shape index (κ3) is 4.46. The number of nitrogens with one attached hydrogen (secondary N) is 1. The highest BCUT2D eigenvalue weighted by molar-refractivity contribution is 6.34. The molecule has 2 rings (SSSR count). The molecule has 0 heterocycles. The fourth-order valence-corrected chi connectivity index (χ4v) is 2.59. The van der Waals surface area contributed by atoms with Gasteiger partial charge in [0.05, 0.1) is 0 Å². The molecule has 0 saturated carbocycles. The Morgan fingerprint density at radius 2 is 1.86 bits per heavy atom. The molecule has 3 nitrogen and oxygen atoms in total. The van der Waals surface area contributed by atoms with Gasteiger partial charge in [-0.2, -0.15) is 0 Å². The number of primary amides is 1. The second kappa shape index (κ2) is 6.94. The second-order valence-corrected chi connectivity index (χ2v) is 5.74. The quantitative estimate of drug-likeness (QED) is 0.875. The number of halogens is 2. The number of hydrogen-bond donors (Lipinski definition) is 2. The largest absolute Gasteiger partial charge is 0.366 e. The number of carbonyl (C=O) groups excluding carboxylic acids is 1. The molecule has 0 unspecified atom stereocenters. The van der Waals surface area contributed by atoms with E-state index < -0.39 is 5.91 Å². The number of amides is 1. The Balaban J connectivity index is 2.05. The molecule has 0 spiro atoms. The summed E-state index contributed by atoms with van der Waals surface area (Å²) in [5, 5.41) is 4.59. The van der Waals surface area contributed by atoms with Gasteiger partial charge in [-0.15, -0.1) is 0 Å². The summed E-state index contributed by atoms with van der Waals surface area (Å²) < 4.78 is 0. The normalized spacial score (nSPS) is 12.1. The van der Waals surface area contributed by atoms with Crippen LogP contribution in [0.4, 0.5) is 0 Å². The molecule has 0 fully saturated rings. The van der Waals surface area contributed by atoms with Crippen LogP contribution in [-0.4, -0.2) is 5.91 Å². The third-order valence-electron chi connectivity index (χ3n) is 3.21. The van der Waals surface area contributed by atoms with Crippen molar-refractivity contribution < 1.29 is 4.79 Å². The van der Waals surface area contributed by atoms with E-state index in [-0.39, 0.29) is 6.04 Å². The molecule has 0 aliphatic rings. The van der Waals surface area contributed by atoms with Gasteiger partial charge >= 0.3 is 0 Å². The number of carbonyl (C=O) groups is 1. The van der Waals surface area contributed by atoms with Crippen molar-refractivity contribution in [2.75, 3.05) is 0 Å². The van der Waals surface area contributed by atoms with Crippen molar-refractivity contribution in [3.8, 4) is 0 Å². The third-order valence-corrected chi connectivity index (χ3v) is 3.65. The molecule has 1 amide bonds. The summed E-state index contributed by atoms with van der Waals surface area (Å²) in [6.07, 6.45) is 0. The van der Waals surface area contributed by atoms with Crippen molar-refractivity contribution in [1.82, 2.24) is 5.32 Å². The highest BCUT2D eigenvalue weighted by Crippen LogP contribution is 2.23. The van der Waals surface area contributed by atoms with Crippen molar-refractivity contribution in [3.63, 3.8) is 0 Å². The van der Waals surface area contributed by atoms with Crippen LogP contribution in [-0.2, 0) is 6.54 Å². The highest BCUT2D eigenvalue weighted by Gasteiger charge is 2.08. The molecule has 0 radical (unpaired) electrons. The lowest BCUT2D eigenvalue weighted by molar-refractivity contribution is 0.1000. The molecular formula is C16H16Cl2N2O. The van der Waals surface area contributed by atoms with Crippen LogP contribution < -0.4 is 11.1 Å². The zero-order chi connectivity index (χ0) is 15.4. The van der Waals surface area contributed by atoms with E-state index in [2.05, 4.69) is 5.32 Å². The standard InChI is InChI=1S/C16H16Cl2N2O/c1-10(13-6-14(17)8-15(18)7-13)20-9-11-3-2-4-12(5-11)16(19)21/h2-8,10,20H,9H2,1H3,(H2,19,21)/t10-/m0/s1. The lowest BCUT2D eigenvalue weighted by Crippen LogP contribution is -2.19. The zero-order valence-corrected chi connectivity index (χ0v) is 13.1. The van der Waals surface area contributed by atoms with E-state index in [0.29, 0.717) is 22.2 Å². The van der Waals surface area contributed by atoms with Crippen LogP contribution in [0.3, 0.4) is 0 Å². The number of nitrogens with two attached hydrogens (primary N) is 1. The minimum atomic E-state index is -0.425. The maximum Gasteiger partial charge on any atom is 0.248 e. The summed E-state index contributed by atoms with van der Waals surface area (Å²) in [5.74, 6) is -0.425. The number of hydrogen-bond acceptors (Lipinski definition) is 2. The Bertz CT molecular complexity index is 638. The molecule has 5 heteroatoms. The minimum absolute atomic E-state index is 0.0819. The van der Waals surface area contributed by atoms with Crippen LogP contribution in [0.5, 0.6) is 0 Å². The van der Waals surface area contributed by atoms with Crippen LogP contribution >= 0.6 is 23.2 Å². The van der Waals surface area contributed by atoms with E-state index in [9.17, 15) is 4.79 Å². The Kier molecular flexibility index (Phi) is 5.23. The van der Waals surface area contributed by atoms with Crippen molar-refractivity contribution in [1.29, 1.82) is 0 Å². The second-order valence-electron chi connectivity index (χ2n) is 4.87. The lowest BCUT2D eigenvalue weighted by Gasteiger charge is -2.15. The average Bonchev–Trinajstić information content (AvgIpc) is 2.44. The predicted molar refractivity (Wildman–Crippen MR) is 86.7 cm³/mol. The molecular weight excluding hydrogens is 307 g/mol. The van der Waals surface area contributed by atoms with Gasteiger partial charge < -0.3 is 11.1 Å². The van der Waals surface area contributed by atoms with E-state index in [1.54, 1.807) is 18.2 Å². The van der Waals surface area contributed by atoms with Crippen molar-refractivity contribution in [3.05, 3.63) is 69.2 Å². The summed E-state index contributed by atoms with van der Waals surface area (Å²) >= 11 is 12.0. The van der Waals surface area contributed by atoms with E-state index in [4.69, 9.17) is 28.9 Å². The lowest BCUT2D eigenvalue weighted by atomic mass is 10.1. The fourth-order valence-electron chi connectivity index (χ4n) is 2.05. The van der Waals surface area contributed by atoms with Gasteiger partial charge in [-0.3, -0.25) is 4.79 Å². The van der Waals surface area contributed by atoms with Crippen LogP contribution in [0.25, 0.3) is 0 Å². The Morgan fingerprint density at radius 3 is 2.48 bits per heavy atom. The van der Waals surface area contributed by atoms with Crippen molar-refractivity contribution in [2.24, 2.45) is 5.73 Å². The summed E-state index contributed by atoms with van der Waals surface area (Å²) in [6, 6.07) is 12.8. The Hall–Kier alpha value is -1.55. The first-order valence-corrected chi connectivity index (χ1v) is 7.29. The van der Waals surface area contributed by atoms with Crippen LogP contribution in [0.15, 0.2) is 42.5 Å². The van der Waals surface area contributed by atoms with Gasteiger partial charge in [0.1, 0.15) is 0 Å². The zero-order valence-electron chi connectivity index (χ0n) is 11.6.